The summed E-state index contributed by atoms with van der Waals surface area (Å²) in [5.74, 6) is 1.50. The molecule has 1 fully saturated rings. The minimum Gasteiger partial charge on any atom is -0.459 e. The number of furan rings is 1. The second kappa shape index (κ2) is 7.52. The van der Waals surface area contributed by atoms with Crippen molar-refractivity contribution in [2.24, 2.45) is 0 Å². The Hall–Kier alpha value is -3.45. The topological polar surface area (TPSA) is 75.6 Å². The lowest BCUT2D eigenvalue weighted by Crippen LogP contribution is -2.48. The molecular weight excluding hydrogens is 368 g/mol. The van der Waals surface area contributed by atoms with Crippen LogP contribution in [-0.2, 0) is 6.54 Å². The summed E-state index contributed by atoms with van der Waals surface area (Å²) in [6.45, 7) is 3.41. The highest BCUT2D eigenvalue weighted by atomic mass is 16.5. The van der Waals surface area contributed by atoms with E-state index in [1.807, 2.05) is 23.1 Å². The molecule has 0 unspecified atom stereocenters. The van der Waals surface area contributed by atoms with E-state index in [1.165, 1.54) is 11.6 Å². The van der Waals surface area contributed by atoms with Gasteiger partial charge in [-0.05, 0) is 35.0 Å². The van der Waals surface area contributed by atoms with Crippen LogP contribution in [0.1, 0.15) is 16.4 Å². The van der Waals surface area contributed by atoms with Gasteiger partial charge in [-0.1, -0.05) is 35.5 Å². The van der Waals surface area contributed by atoms with Gasteiger partial charge in [0.1, 0.15) is 0 Å². The summed E-state index contributed by atoms with van der Waals surface area (Å²) in [5.41, 5.74) is 0.913. The van der Waals surface area contributed by atoms with E-state index in [4.69, 9.17) is 8.94 Å². The Morgan fingerprint density at radius 2 is 1.79 bits per heavy atom. The second-order valence-electron chi connectivity index (χ2n) is 7.12. The van der Waals surface area contributed by atoms with Crippen molar-refractivity contribution < 1.29 is 13.7 Å². The first-order valence-electron chi connectivity index (χ1n) is 9.63. The summed E-state index contributed by atoms with van der Waals surface area (Å²) < 4.78 is 10.7. The lowest BCUT2D eigenvalue weighted by Gasteiger charge is -2.33. The monoisotopic (exact) mass is 388 g/mol. The summed E-state index contributed by atoms with van der Waals surface area (Å²) in [7, 11) is 0. The summed E-state index contributed by atoms with van der Waals surface area (Å²) in [5, 5.41) is 6.46. The van der Waals surface area contributed by atoms with Crippen LogP contribution in [-0.4, -0.2) is 52.0 Å². The summed E-state index contributed by atoms with van der Waals surface area (Å²) in [6, 6.07) is 17.7. The van der Waals surface area contributed by atoms with Gasteiger partial charge in [-0.25, -0.2) is 0 Å². The Labute approximate surface area is 167 Å². The normalized spacial score (nSPS) is 15.1. The van der Waals surface area contributed by atoms with E-state index in [-0.39, 0.29) is 5.91 Å². The zero-order chi connectivity index (χ0) is 19.6. The van der Waals surface area contributed by atoms with Crippen LogP contribution in [0.4, 0.5) is 0 Å². The molecule has 0 saturated carbocycles. The lowest BCUT2D eigenvalue weighted by atomic mass is 10.1. The Morgan fingerprint density at radius 1 is 0.966 bits per heavy atom. The molecule has 1 amide bonds. The van der Waals surface area contributed by atoms with Crippen LogP contribution >= 0.6 is 0 Å². The average molecular weight is 388 g/mol. The van der Waals surface area contributed by atoms with Crippen LogP contribution in [0.25, 0.3) is 22.2 Å². The van der Waals surface area contributed by atoms with Crippen molar-refractivity contribution in [1.29, 1.82) is 0 Å². The van der Waals surface area contributed by atoms with E-state index in [9.17, 15) is 4.79 Å². The molecule has 7 nitrogen and oxygen atoms in total. The van der Waals surface area contributed by atoms with Gasteiger partial charge in [-0.3, -0.25) is 9.69 Å². The van der Waals surface area contributed by atoms with Crippen molar-refractivity contribution in [1.82, 2.24) is 19.9 Å². The van der Waals surface area contributed by atoms with Crippen LogP contribution in [0.3, 0.4) is 0 Å². The van der Waals surface area contributed by atoms with Crippen molar-refractivity contribution >= 4 is 16.7 Å². The van der Waals surface area contributed by atoms with Gasteiger partial charge in [0, 0.05) is 31.7 Å². The molecule has 0 spiro atoms. The van der Waals surface area contributed by atoms with Crippen molar-refractivity contribution in [3.8, 4) is 11.5 Å². The molecule has 2 aromatic carbocycles. The Morgan fingerprint density at radius 3 is 2.59 bits per heavy atom. The Kier molecular flexibility index (Phi) is 4.57. The maximum Gasteiger partial charge on any atom is 0.289 e. The maximum absolute atomic E-state index is 12.4. The first-order chi connectivity index (χ1) is 14.3. The summed E-state index contributed by atoms with van der Waals surface area (Å²) in [6.07, 6.45) is 1.52. The zero-order valence-electron chi connectivity index (χ0n) is 15.8. The van der Waals surface area contributed by atoms with E-state index in [1.54, 1.807) is 12.1 Å². The summed E-state index contributed by atoms with van der Waals surface area (Å²) >= 11 is 0. The smallest absolute Gasteiger partial charge is 0.289 e. The SMILES string of the molecule is O=C(c1ccco1)N1CCN(Cc2noc(-c3ccc4ccccc4c3)n2)CC1. The number of hydrogen-bond acceptors (Lipinski definition) is 6. The van der Waals surface area contributed by atoms with E-state index in [0.717, 1.165) is 24.0 Å². The van der Waals surface area contributed by atoms with Crippen molar-refractivity contribution in [2.45, 2.75) is 6.54 Å². The third-order valence-electron chi connectivity index (χ3n) is 5.22. The van der Waals surface area contributed by atoms with E-state index in [0.29, 0.717) is 37.1 Å². The molecule has 0 radical (unpaired) electrons. The zero-order valence-corrected chi connectivity index (χ0v) is 15.8. The van der Waals surface area contributed by atoms with Crippen LogP contribution in [0.15, 0.2) is 69.8 Å². The lowest BCUT2D eigenvalue weighted by molar-refractivity contribution is 0.0594. The van der Waals surface area contributed by atoms with Gasteiger partial charge in [-0.2, -0.15) is 4.98 Å². The number of benzene rings is 2. The average Bonchev–Trinajstić information content (AvgIpc) is 3.46. The number of amides is 1. The van der Waals surface area contributed by atoms with Gasteiger partial charge in [0.2, 0.25) is 0 Å². The number of fused-ring (bicyclic) bond motifs is 1. The first kappa shape index (κ1) is 17.6. The van der Waals surface area contributed by atoms with Gasteiger partial charge in [0.15, 0.2) is 11.6 Å². The molecule has 29 heavy (non-hydrogen) atoms. The highest BCUT2D eigenvalue weighted by molar-refractivity contribution is 5.91. The first-order valence-corrected chi connectivity index (χ1v) is 9.63. The molecule has 2 aromatic heterocycles. The number of rotatable bonds is 4. The summed E-state index contributed by atoms with van der Waals surface area (Å²) in [4.78, 5) is 20.9. The fourth-order valence-corrected chi connectivity index (χ4v) is 3.62. The van der Waals surface area contributed by atoms with Gasteiger partial charge in [0.05, 0.1) is 12.8 Å². The molecule has 0 bridgehead atoms. The van der Waals surface area contributed by atoms with Crippen molar-refractivity contribution in [3.05, 3.63) is 72.4 Å². The molecule has 7 heteroatoms. The second-order valence-corrected chi connectivity index (χ2v) is 7.12. The van der Waals surface area contributed by atoms with E-state index < -0.39 is 0 Å². The molecule has 0 atom stereocenters. The molecule has 3 heterocycles. The third-order valence-corrected chi connectivity index (χ3v) is 5.22. The molecule has 4 aromatic rings. The fourth-order valence-electron chi connectivity index (χ4n) is 3.62. The highest BCUT2D eigenvalue weighted by Crippen LogP contribution is 2.23. The minimum absolute atomic E-state index is 0.0622. The van der Waals surface area contributed by atoms with Crippen LogP contribution < -0.4 is 0 Å². The Bertz CT molecular complexity index is 1130. The van der Waals surface area contributed by atoms with Gasteiger partial charge in [-0.15, -0.1) is 0 Å². The predicted octanol–water partition coefficient (Wildman–Crippen LogP) is 3.44. The third kappa shape index (κ3) is 3.64. The molecular formula is C22H20N4O3. The van der Waals surface area contributed by atoms with Gasteiger partial charge in [0.25, 0.3) is 11.8 Å². The molecule has 1 saturated heterocycles. The van der Waals surface area contributed by atoms with E-state index >= 15 is 0 Å². The standard InChI is InChI=1S/C22H20N4O3/c27-22(19-6-3-13-28-19)26-11-9-25(10-12-26)15-20-23-21(29-24-20)18-8-7-16-4-1-2-5-17(16)14-18/h1-8,13-14H,9-12,15H2. The van der Waals surface area contributed by atoms with Crippen molar-refractivity contribution in [2.75, 3.05) is 26.2 Å². The fraction of sp³-hybridized carbons (Fsp3) is 0.227. The molecule has 1 aliphatic rings. The quantitative estimate of drug-likeness (QED) is 0.533. The van der Waals surface area contributed by atoms with E-state index in [2.05, 4.69) is 39.3 Å². The maximum atomic E-state index is 12.4. The van der Waals surface area contributed by atoms with Crippen LogP contribution in [0, 0.1) is 0 Å². The van der Waals surface area contributed by atoms with Crippen molar-refractivity contribution in [3.63, 3.8) is 0 Å². The molecule has 0 N–H and O–H groups in total. The number of hydrogen-bond donors (Lipinski definition) is 0. The van der Waals surface area contributed by atoms with Crippen LogP contribution in [0.2, 0.25) is 0 Å². The minimum atomic E-state index is -0.0622. The molecule has 146 valence electrons. The molecule has 0 aliphatic carbocycles. The predicted molar refractivity (Wildman–Crippen MR) is 107 cm³/mol. The number of carbonyl (C=O) groups is 1. The number of carbonyl (C=O) groups excluding carboxylic acids is 1. The highest BCUT2D eigenvalue weighted by Gasteiger charge is 2.24. The molecule has 1 aliphatic heterocycles. The van der Waals surface area contributed by atoms with Gasteiger partial charge >= 0.3 is 0 Å². The molecule has 5 rings (SSSR count). The number of nitrogens with zero attached hydrogens (tertiary/aromatic N) is 4. The largest absolute Gasteiger partial charge is 0.459 e. The Balaban J connectivity index is 1.22. The number of aromatic nitrogens is 2. The van der Waals surface area contributed by atoms with Gasteiger partial charge < -0.3 is 13.8 Å². The van der Waals surface area contributed by atoms with Crippen LogP contribution in [0.5, 0.6) is 0 Å². The number of piperazine rings is 1.